The molecule has 0 spiro atoms. The summed E-state index contributed by atoms with van der Waals surface area (Å²) in [6, 6.07) is 10.2. The van der Waals surface area contributed by atoms with Gasteiger partial charge in [0.25, 0.3) is 11.6 Å². The fraction of sp³-hybridized carbons (Fsp3) is 0.200. The summed E-state index contributed by atoms with van der Waals surface area (Å²) in [6.07, 6.45) is -0.268. The highest BCUT2D eigenvalue weighted by Gasteiger charge is 2.29. The summed E-state index contributed by atoms with van der Waals surface area (Å²) in [5, 5.41) is 18.8. The number of benzene rings is 2. The molecular weight excluding hydrogens is 418 g/mol. The van der Waals surface area contributed by atoms with E-state index in [9.17, 15) is 19.7 Å². The van der Waals surface area contributed by atoms with E-state index in [1.165, 1.54) is 25.3 Å². The van der Waals surface area contributed by atoms with Crippen LogP contribution in [0.2, 0.25) is 0 Å². The summed E-state index contributed by atoms with van der Waals surface area (Å²) >= 11 is 0. The van der Waals surface area contributed by atoms with Gasteiger partial charge in [-0.05, 0) is 30.7 Å². The Morgan fingerprint density at radius 2 is 2.09 bits per heavy atom. The number of nitrogens with two attached hydrogens (primary N) is 1. The van der Waals surface area contributed by atoms with Crippen LogP contribution in [0.5, 0.6) is 5.75 Å². The molecule has 1 aliphatic rings. The van der Waals surface area contributed by atoms with Crippen molar-refractivity contribution in [2.24, 2.45) is 15.7 Å². The Balaban J connectivity index is 1.64. The van der Waals surface area contributed by atoms with Gasteiger partial charge in [-0.2, -0.15) is 4.99 Å². The smallest absolute Gasteiger partial charge is 0.273 e. The molecule has 5 N–H and O–H groups in total. The number of nitrogens with one attached hydrogen (secondary N) is 3. The molecule has 12 nitrogen and oxygen atoms in total. The zero-order valence-electron chi connectivity index (χ0n) is 17.3. The number of rotatable bonds is 6. The minimum Gasteiger partial charge on any atom is -0.494 e. The van der Waals surface area contributed by atoms with Gasteiger partial charge in [-0.15, -0.1) is 0 Å². The molecule has 32 heavy (non-hydrogen) atoms. The molecule has 2 aromatic carbocycles. The van der Waals surface area contributed by atoms with Gasteiger partial charge in [-0.3, -0.25) is 25.0 Å². The lowest BCUT2D eigenvalue weighted by Crippen LogP contribution is -2.32. The Bertz CT molecular complexity index is 1130. The van der Waals surface area contributed by atoms with Crippen LogP contribution in [0.25, 0.3) is 0 Å². The highest BCUT2D eigenvalue weighted by molar-refractivity contribution is 6.11. The van der Waals surface area contributed by atoms with Gasteiger partial charge < -0.3 is 21.1 Å². The van der Waals surface area contributed by atoms with E-state index in [-0.39, 0.29) is 35.5 Å². The van der Waals surface area contributed by atoms with Crippen LogP contribution in [0.3, 0.4) is 0 Å². The molecule has 0 radical (unpaired) electrons. The molecule has 1 unspecified atom stereocenters. The number of carbonyl (C=O) groups excluding carboxylic acids is 2. The first-order chi connectivity index (χ1) is 15.2. The number of ether oxygens (including phenoxy) is 1. The average Bonchev–Trinajstić information content (AvgIpc) is 3.06. The van der Waals surface area contributed by atoms with E-state index < -0.39 is 22.8 Å². The number of amides is 2. The van der Waals surface area contributed by atoms with Gasteiger partial charge in [0.1, 0.15) is 11.8 Å². The molecule has 166 valence electrons. The minimum atomic E-state index is -0.996. The van der Waals surface area contributed by atoms with E-state index in [1.54, 1.807) is 0 Å². The standard InChI is InChI=1S/C20H21N7O5/c1-11-4-3-5-12(8-11)22-19(21)26-20-24-15(18(29)25-20)10-17(28)23-14-7-6-13(27(30)31)9-16(14)32-2/h3-9,15H,10H2,1-2H3,(H,23,28)(H4,21,22,24,25,26,29). The second-order valence-corrected chi connectivity index (χ2v) is 6.84. The van der Waals surface area contributed by atoms with Gasteiger partial charge in [0.15, 0.2) is 0 Å². The molecule has 0 aromatic heterocycles. The van der Waals surface area contributed by atoms with Crippen molar-refractivity contribution in [3.05, 3.63) is 58.1 Å². The number of aliphatic imine (C=N–C) groups is 2. The summed E-state index contributed by atoms with van der Waals surface area (Å²) in [6.45, 7) is 1.93. The number of methoxy groups -OCH3 is 1. The largest absolute Gasteiger partial charge is 0.494 e. The molecule has 0 saturated carbocycles. The second kappa shape index (κ2) is 9.55. The summed E-state index contributed by atoms with van der Waals surface area (Å²) < 4.78 is 5.08. The number of guanidine groups is 2. The Labute approximate surface area is 182 Å². The van der Waals surface area contributed by atoms with Crippen LogP contribution >= 0.6 is 0 Å². The summed E-state index contributed by atoms with van der Waals surface area (Å²) in [5.41, 5.74) is 7.67. The van der Waals surface area contributed by atoms with Gasteiger partial charge in [-0.1, -0.05) is 12.1 Å². The Kier molecular flexibility index (Phi) is 6.63. The molecule has 1 heterocycles. The highest BCUT2D eigenvalue weighted by Crippen LogP contribution is 2.29. The van der Waals surface area contributed by atoms with E-state index >= 15 is 0 Å². The molecule has 2 amide bonds. The first-order valence-corrected chi connectivity index (χ1v) is 9.44. The van der Waals surface area contributed by atoms with Crippen molar-refractivity contribution in [2.75, 3.05) is 17.7 Å². The summed E-state index contributed by atoms with van der Waals surface area (Å²) in [7, 11) is 1.32. The number of anilines is 2. The van der Waals surface area contributed by atoms with Crippen LogP contribution in [0, 0.1) is 17.0 Å². The molecule has 0 fully saturated rings. The third-order valence-electron chi connectivity index (χ3n) is 4.38. The molecule has 0 aliphatic carbocycles. The summed E-state index contributed by atoms with van der Waals surface area (Å²) in [5.74, 6) is -0.906. The van der Waals surface area contributed by atoms with Crippen molar-refractivity contribution < 1.29 is 19.2 Å². The maximum atomic E-state index is 12.4. The lowest BCUT2D eigenvalue weighted by molar-refractivity contribution is -0.384. The molecule has 12 heteroatoms. The third-order valence-corrected chi connectivity index (χ3v) is 4.38. The average molecular weight is 439 g/mol. The van der Waals surface area contributed by atoms with Crippen molar-refractivity contribution in [1.29, 1.82) is 0 Å². The maximum absolute atomic E-state index is 12.4. The second-order valence-electron chi connectivity index (χ2n) is 6.84. The quantitative estimate of drug-likeness (QED) is 0.228. The van der Waals surface area contributed by atoms with Crippen LogP contribution in [0.4, 0.5) is 17.1 Å². The van der Waals surface area contributed by atoms with Crippen molar-refractivity contribution in [2.45, 2.75) is 19.4 Å². The monoisotopic (exact) mass is 439 g/mol. The molecule has 3 rings (SSSR count). The van der Waals surface area contributed by atoms with Crippen LogP contribution in [0.15, 0.2) is 52.4 Å². The lowest BCUT2D eigenvalue weighted by Gasteiger charge is -2.10. The van der Waals surface area contributed by atoms with Crippen LogP contribution in [-0.4, -0.2) is 41.8 Å². The number of nitro benzene ring substituents is 1. The van der Waals surface area contributed by atoms with Gasteiger partial charge in [0.2, 0.25) is 17.8 Å². The zero-order chi connectivity index (χ0) is 23.3. The van der Waals surface area contributed by atoms with Crippen LogP contribution in [0.1, 0.15) is 12.0 Å². The Morgan fingerprint density at radius 3 is 2.78 bits per heavy atom. The number of nitrogens with zero attached hydrogens (tertiary/aromatic N) is 3. The molecular formula is C20H21N7O5. The van der Waals surface area contributed by atoms with Crippen molar-refractivity contribution in [3.63, 3.8) is 0 Å². The molecule has 1 atom stereocenters. The lowest BCUT2D eigenvalue weighted by atomic mass is 10.2. The van der Waals surface area contributed by atoms with Gasteiger partial charge in [0.05, 0.1) is 30.2 Å². The van der Waals surface area contributed by atoms with E-state index in [2.05, 4.69) is 25.9 Å². The number of hydrogen-bond acceptors (Lipinski definition) is 7. The van der Waals surface area contributed by atoms with Gasteiger partial charge in [0, 0.05) is 11.8 Å². The summed E-state index contributed by atoms with van der Waals surface area (Å²) in [4.78, 5) is 43.0. The molecule has 0 bridgehead atoms. The fourth-order valence-electron chi connectivity index (χ4n) is 2.91. The fourth-order valence-corrected chi connectivity index (χ4v) is 2.91. The number of hydrogen-bond donors (Lipinski definition) is 4. The van der Waals surface area contributed by atoms with E-state index in [1.807, 2.05) is 31.2 Å². The Morgan fingerprint density at radius 1 is 1.31 bits per heavy atom. The predicted molar refractivity (Wildman–Crippen MR) is 119 cm³/mol. The number of non-ortho nitro benzene ring substituents is 1. The molecule has 2 aromatic rings. The zero-order valence-corrected chi connectivity index (χ0v) is 17.3. The number of carbonyl (C=O) groups is 2. The predicted octanol–water partition coefficient (Wildman–Crippen LogP) is 1.52. The van der Waals surface area contributed by atoms with Gasteiger partial charge >= 0.3 is 0 Å². The maximum Gasteiger partial charge on any atom is 0.273 e. The number of nitro groups is 1. The van der Waals surface area contributed by atoms with E-state index in [0.717, 1.165) is 11.3 Å². The topological polar surface area (TPSA) is 173 Å². The first-order valence-electron chi connectivity index (χ1n) is 9.44. The van der Waals surface area contributed by atoms with E-state index in [0.29, 0.717) is 0 Å². The first kappa shape index (κ1) is 22.2. The van der Waals surface area contributed by atoms with Crippen LogP contribution < -0.4 is 26.4 Å². The minimum absolute atomic E-state index is 0.0154. The van der Waals surface area contributed by atoms with Crippen molar-refractivity contribution >= 4 is 40.8 Å². The highest BCUT2D eigenvalue weighted by atomic mass is 16.6. The molecule has 0 saturated heterocycles. The van der Waals surface area contributed by atoms with Crippen LogP contribution in [-0.2, 0) is 9.59 Å². The SMILES string of the molecule is COc1cc([N+](=O)[O-])ccc1NC(=O)CC1N=C(/N=C(\N)Nc2cccc(C)c2)NC1=O. The van der Waals surface area contributed by atoms with Gasteiger partial charge in [-0.25, -0.2) is 4.99 Å². The van der Waals surface area contributed by atoms with Crippen molar-refractivity contribution in [3.8, 4) is 5.75 Å². The number of aryl methyl sites for hydroxylation is 1. The normalized spacial score (nSPS) is 15.6. The molecule has 1 aliphatic heterocycles. The third kappa shape index (κ3) is 5.56. The van der Waals surface area contributed by atoms with Crippen molar-refractivity contribution in [1.82, 2.24) is 5.32 Å². The van der Waals surface area contributed by atoms with E-state index in [4.69, 9.17) is 10.5 Å². The Hall–Kier alpha value is -4.48.